The summed E-state index contributed by atoms with van der Waals surface area (Å²) >= 11 is 0. The lowest BCUT2D eigenvalue weighted by Gasteiger charge is -2.29. The highest BCUT2D eigenvalue weighted by atomic mass is 19.1. The van der Waals surface area contributed by atoms with Gasteiger partial charge in [0.15, 0.2) is 0 Å². The number of aryl methyl sites for hydroxylation is 1. The van der Waals surface area contributed by atoms with E-state index in [1.54, 1.807) is 12.1 Å². The maximum atomic E-state index is 13.1. The van der Waals surface area contributed by atoms with E-state index in [1.165, 1.54) is 11.1 Å². The first-order chi connectivity index (χ1) is 12.2. The average molecular weight is 342 g/mol. The van der Waals surface area contributed by atoms with Gasteiger partial charge < -0.3 is 4.74 Å². The maximum absolute atomic E-state index is 13.1. The van der Waals surface area contributed by atoms with Gasteiger partial charge in [0.2, 0.25) is 0 Å². The largest absolute Gasteiger partial charge is 0.381 e. The molecule has 1 aromatic carbocycles. The fourth-order valence-corrected chi connectivity index (χ4v) is 3.69. The van der Waals surface area contributed by atoms with Gasteiger partial charge in [-0.1, -0.05) is 18.2 Å². The van der Waals surface area contributed by atoms with Crippen LogP contribution in [0.4, 0.5) is 4.39 Å². The number of pyridine rings is 1. The Hall–Kier alpha value is -1.78. The zero-order chi connectivity index (χ0) is 17.5. The first-order valence-corrected chi connectivity index (χ1v) is 9.13. The third-order valence-electron chi connectivity index (χ3n) is 5.12. The third kappa shape index (κ3) is 5.10. The van der Waals surface area contributed by atoms with E-state index in [-0.39, 0.29) is 11.2 Å². The van der Waals surface area contributed by atoms with E-state index in [9.17, 15) is 4.39 Å². The van der Waals surface area contributed by atoms with Gasteiger partial charge in [-0.05, 0) is 62.1 Å². The first-order valence-electron chi connectivity index (χ1n) is 9.13. The molecule has 2 heterocycles. The summed E-state index contributed by atoms with van der Waals surface area (Å²) in [6.45, 7) is 6.68. The molecule has 1 fully saturated rings. The molecule has 0 bridgehead atoms. The molecule has 1 aliphatic heterocycles. The van der Waals surface area contributed by atoms with Crippen molar-refractivity contribution in [1.82, 2.24) is 9.88 Å². The van der Waals surface area contributed by atoms with Gasteiger partial charge in [0.1, 0.15) is 5.82 Å². The molecule has 2 aromatic rings. The smallest absolute Gasteiger partial charge is 0.123 e. The Kier molecular flexibility index (Phi) is 6.16. The zero-order valence-corrected chi connectivity index (χ0v) is 15.0. The second-order valence-corrected chi connectivity index (χ2v) is 7.09. The number of nitrogens with zero attached hydrogens (tertiary/aromatic N) is 2. The van der Waals surface area contributed by atoms with Crippen LogP contribution in [0.5, 0.6) is 0 Å². The van der Waals surface area contributed by atoms with Crippen molar-refractivity contribution in [2.45, 2.75) is 32.7 Å². The predicted octanol–water partition coefficient (Wildman–Crippen LogP) is 4.08. The molecule has 3 nitrogen and oxygen atoms in total. The summed E-state index contributed by atoms with van der Waals surface area (Å²) < 4.78 is 18.9. The van der Waals surface area contributed by atoms with Crippen molar-refractivity contribution in [1.29, 1.82) is 0 Å². The molecule has 134 valence electrons. The van der Waals surface area contributed by atoms with Crippen molar-refractivity contribution in [2.24, 2.45) is 5.41 Å². The van der Waals surface area contributed by atoms with Crippen LogP contribution in [0.2, 0.25) is 0 Å². The number of hydrogen-bond donors (Lipinski definition) is 0. The molecule has 0 radical (unpaired) electrons. The van der Waals surface area contributed by atoms with E-state index in [0.717, 1.165) is 52.1 Å². The second kappa shape index (κ2) is 8.54. The highest BCUT2D eigenvalue weighted by molar-refractivity contribution is 5.16. The molecule has 3 rings (SSSR count). The summed E-state index contributed by atoms with van der Waals surface area (Å²) in [7, 11) is 0. The molecule has 0 aliphatic carbocycles. The maximum Gasteiger partial charge on any atom is 0.123 e. The van der Waals surface area contributed by atoms with Crippen LogP contribution in [0.15, 0.2) is 48.8 Å². The van der Waals surface area contributed by atoms with E-state index in [4.69, 9.17) is 4.74 Å². The number of hydrogen-bond acceptors (Lipinski definition) is 3. The Labute approximate surface area is 149 Å². The lowest BCUT2D eigenvalue weighted by Crippen LogP contribution is -2.32. The van der Waals surface area contributed by atoms with Gasteiger partial charge in [-0.15, -0.1) is 0 Å². The molecular weight excluding hydrogens is 315 g/mol. The zero-order valence-electron chi connectivity index (χ0n) is 15.0. The van der Waals surface area contributed by atoms with Crippen LogP contribution in [0.25, 0.3) is 0 Å². The topological polar surface area (TPSA) is 25.4 Å². The molecule has 25 heavy (non-hydrogen) atoms. The SMILES string of the molecule is CCOC[C@@]1(CCc2ccc(F)cc2)CCN(Cc2cccnc2)C1. The van der Waals surface area contributed by atoms with Crippen molar-refractivity contribution in [2.75, 3.05) is 26.3 Å². The highest BCUT2D eigenvalue weighted by Gasteiger charge is 2.37. The van der Waals surface area contributed by atoms with Gasteiger partial charge in [-0.25, -0.2) is 4.39 Å². The average Bonchev–Trinajstić information content (AvgIpc) is 3.04. The number of rotatable bonds is 8. The summed E-state index contributed by atoms with van der Waals surface area (Å²) in [6, 6.07) is 11.0. The summed E-state index contributed by atoms with van der Waals surface area (Å²) in [5, 5.41) is 0. The molecule has 1 aromatic heterocycles. The number of ether oxygens (including phenoxy) is 1. The Morgan fingerprint density at radius 1 is 1.20 bits per heavy atom. The summed E-state index contributed by atoms with van der Waals surface area (Å²) in [5.74, 6) is -0.170. The quantitative estimate of drug-likeness (QED) is 0.723. The Morgan fingerprint density at radius 3 is 2.76 bits per heavy atom. The fourth-order valence-electron chi connectivity index (χ4n) is 3.69. The van der Waals surface area contributed by atoms with Crippen LogP contribution in [-0.2, 0) is 17.7 Å². The Balaban J connectivity index is 1.61. The van der Waals surface area contributed by atoms with E-state index >= 15 is 0 Å². The summed E-state index contributed by atoms with van der Waals surface area (Å²) in [6.07, 6.45) is 6.95. The molecule has 0 unspecified atom stereocenters. The summed E-state index contributed by atoms with van der Waals surface area (Å²) in [5.41, 5.74) is 2.64. The van der Waals surface area contributed by atoms with Crippen LogP contribution < -0.4 is 0 Å². The monoisotopic (exact) mass is 342 g/mol. The molecule has 1 aliphatic rings. The van der Waals surface area contributed by atoms with Gasteiger partial charge in [0.05, 0.1) is 6.61 Å². The van der Waals surface area contributed by atoms with Crippen LogP contribution in [0.3, 0.4) is 0 Å². The molecule has 1 saturated heterocycles. The number of halogens is 1. The van der Waals surface area contributed by atoms with Crippen molar-refractivity contribution in [3.63, 3.8) is 0 Å². The minimum atomic E-state index is -0.170. The molecule has 0 saturated carbocycles. The van der Waals surface area contributed by atoms with Gasteiger partial charge in [-0.2, -0.15) is 0 Å². The number of benzene rings is 1. The minimum Gasteiger partial charge on any atom is -0.381 e. The van der Waals surface area contributed by atoms with Crippen LogP contribution >= 0.6 is 0 Å². The van der Waals surface area contributed by atoms with Gasteiger partial charge in [-0.3, -0.25) is 9.88 Å². The van der Waals surface area contributed by atoms with E-state index < -0.39 is 0 Å². The Morgan fingerprint density at radius 2 is 2.04 bits per heavy atom. The van der Waals surface area contributed by atoms with Crippen LogP contribution in [0.1, 0.15) is 30.9 Å². The van der Waals surface area contributed by atoms with E-state index in [2.05, 4.69) is 22.9 Å². The molecular formula is C21H27FN2O. The second-order valence-electron chi connectivity index (χ2n) is 7.09. The first kappa shape index (κ1) is 18.0. The molecule has 4 heteroatoms. The fraction of sp³-hybridized carbons (Fsp3) is 0.476. The van der Waals surface area contributed by atoms with E-state index in [0.29, 0.717) is 0 Å². The van der Waals surface area contributed by atoms with Crippen LogP contribution in [0, 0.1) is 11.2 Å². The molecule has 1 atom stereocenters. The Bertz CT molecular complexity index is 647. The van der Waals surface area contributed by atoms with Gasteiger partial charge in [0, 0.05) is 37.5 Å². The standard InChI is InChI=1S/C21H27FN2O/c1-2-25-17-21(10-9-18-5-7-20(22)8-6-18)11-13-24(16-21)15-19-4-3-12-23-14-19/h3-8,12,14H,2,9-11,13,15-17H2,1H3/t21-/m0/s1. The molecule has 0 spiro atoms. The number of likely N-dealkylation sites (tertiary alicyclic amines) is 1. The third-order valence-corrected chi connectivity index (χ3v) is 5.12. The van der Waals surface area contributed by atoms with Crippen LogP contribution in [-0.4, -0.2) is 36.2 Å². The van der Waals surface area contributed by atoms with E-state index in [1.807, 2.05) is 30.6 Å². The summed E-state index contributed by atoms with van der Waals surface area (Å²) in [4.78, 5) is 6.71. The minimum absolute atomic E-state index is 0.170. The van der Waals surface area contributed by atoms with Gasteiger partial charge in [0.25, 0.3) is 0 Å². The lowest BCUT2D eigenvalue weighted by atomic mass is 9.82. The normalized spacial score (nSPS) is 20.9. The van der Waals surface area contributed by atoms with Crippen molar-refractivity contribution < 1.29 is 9.13 Å². The highest BCUT2D eigenvalue weighted by Crippen LogP contribution is 2.36. The molecule has 0 amide bonds. The van der Waals surface area contributed by atoms with Crippen molar-refractivity contribution in [3.05, 3.63) is 65.7 Å². The lowest BCUT2D eigenvalue weighted by molar-refractivity contribution is 0.0489. The van der Waals surface area contributed by atoms with Crippen molar-refractivity contribution in [3.8, 4) is 0 Å². The molecule has 0 N–H and O–H groups in total. The van der Waals surface area contributed by atoms with Gasteiger partial charge >= 0.3 is 0 Å². The predicted molar refractivity (Wildman–Crippen MR) is 97.8 cm³/mol. The number of aromatic nitrogens is 1. The van der Waals surface area contributed by atoms with Crippen molar-refractivity contribution >= 4 is 0 Å².